The highest BCUT2D eigenvalue weighted by Gasteiger charge is 2.23. The summed E-state index contributed by atoms with van der Waals surface area (Å²) in [6.07, 6.45) is 0.938. The number of thiophene rings is 1. The van der Waals surface area contributed by atoms with Crippen LogP contribution in [0.15, 0.2) is 46.8 Å². The molecule has 0 aliphatic carbocycles. The summed E-state index contributed by atoms with van der Waals surface area (Å²) in [5.74, 6) is 0.738. The number of guanidine groups is 1. The van der Waals surface area contributed by atoms with Crippen LogP contribution in [0.4, 0.5) is 0 Å². The molecule has 0 aliphatic rings. The van der Waals surface area contributed by atoms with Crippen molar-refractivity contribution < 1.29 is 5.11 Å². The minimum Gasteiger partial charge on any atom is -0.383 e. The average molecular weight is 346 g/mol. The smallest absolute Gasteiger partial charge is 0.191 e. The molecule has 0 radical (unpaired) electrons. The number of aliphatic imine (C=N–C) groups is 1. The first-order chi connectivity index (χ1) is 11.5. The van der Waals surface area contributed by atoms with Gasteiger partial charge < -0.3 is 15.7 Å². The molecular formula is C19H27N3OS. The summed E-state index contributed by atoms with van der Waals surface area (Å²) in [7, 11) is 0. The molecule has 4 nitrogen and oxygen atoms in total. The molecular weight excluding hydrogens is 318 g/mol. The SMILES string of the molecule is CCNC(=NCC(C)(O)c1cccs1)NCCc1cccc(C)c1. The zero-order chi connectivity index (χ0) is 17.4. The highest BCUT2D eigenvalue weighted by molar-refractivity contribution is 7.10. The fraction of sp³-hybridized carbons (Fsp3) is 0.421. The lowest BCUT2D eigenvalue weighted by Gasteiger charge is -2.20. The number of aryl methyl sites for hydroxylation is 1. The Hall–Kier alpha value is -1.85. The van der Waals surface area contributed by atoms with E-state index in [1.807, 2.05) is 24.4 Å². The molecule has 1 aromatic heterocycles. The lowest BCUT2D eigenvalue weighted by molar-refractivity contribution is 0.0711. The zero-order valence-corrected chi connectivity index (χ0v) is 15.5. The Labute approximate surface area is 148 Å². The first-order valence-electron chi connectivity index (χ1n) is 8.35. The van der Waals surface area contributed by atoms with Gasteiger partial charge in [0.25, 0.3) is 0 Å². The molecule has 1 unspecified atom stereocenters. The number of rotatable bonds is 7. The maximum Gasteiger partial charge on any atom is 0.191 e. The van der Waals surface area contributed by atoms with Crippen molar-refractivity contribution in [3.63, 3.8) is 0 Å². The third kappa shape index (κ3) is 5.65. The molecule has 0 spiro atoms. The van der Waals surface area contributed by atoms with E-state index in [9.17, 15) is 5.11 Å². The van der Waals surface area contributed by atoms with Crippen LogP contribution in [0.3, 0.4) is 0 Å². The third-order valence-electron chi connectivity index (χ3n) is 3.73. The van der Waals surface area contributed by atoms with E-state index < -0.39 is 5.60 Å². The predicted octanol–water partition coefficient (Wildman–Crippen LogP) is 3.06. The Morgan fingerprint density at radius 3 is 2.75 bits per heavy atom. The van der Waals surface area contributed by atoms with Gasteiger partial charge in [-0.05, 0) is 44.2 Å². The minimum atomic E-state index is -0.937. The van der Waals surface area contributed by atoms with E-state index in [1.54, 1.807) is 18.3 Å². The number of benzene rings is 1. The van der Waals surface area contributed by atoms with Crippen LogP contribution in [-0.4, -0.2) is 30.7 Å². The van der Waals surface area contributed by atoms with Crippen LogP contribution in [0.1, 0.15) is 29.9 Å². The summed E-state index contributed by atoms with van der Waals surface area (Å²) in [5, 5.41) is 19.1. The van der Waals surface area contributed by atoms with Crippen LogP contribution < -0.4 is 10.6 Å². The van der Waals surface area contributed by atoms with Crippen molar-refractivity contribution >= 4 is 17.3 Å². The van der Waals surface area contributed by atoms with Gasteiger partial charge >= 0.3 is 0 Å². The third-order valence-corrected chi connectivity index (χ3v) is 4.85. The highest BCUT2D eigenvalue weighted by Crippen LogP contribution is 2.25. The van der Waals surface area contributed by atoms with Crippen molar-refractivity contribution in [2.45, 2.75) is 32.8 Å². The van der Waals surface area contributed by atoms with E-state index in [0.29, 0.717) is 6.54 Å². The number of nitrogens with zero attached hydrogens (tertiary/aromatic N) is 1. The highest BCUT2D eigenvalue weighted by atomic mass is 32.1. The quantitative estimate of drug-likeness (QED) is 0.534. The lowest BCUT2D eigenvalue weighted by atomic mass is 10.1. The fourth-order valence-electron chi connectivity index (χ4n) is 2.43. The van der Waals surface area contributed by atoms with Gasteiger partial charge in [0.15, 0.2) is 5.96 Å². The average Bonchev–Trinajstić information content (AvgIpc) is 3.08. The second-order valence-corrected chi connectivity index (χ2v) is 7.06. The van der Waals surface area contributed by atoms with E-state index in [2.05, 4.69) is 46.8 Å². The second-order valence-electron chi connectivity index (χ2n) is 6.11. The van der Waals surface area contributed by atoms with Crippen molar-refractivity contribution in [1.82, 2.24) is 10.6 Å². The molecule has 0 aliphatic heterocycles. The van der Waals surface area contributed by atoms with E-state index in [4.69, 9.17) is 0 Å². The molecule has 2 rings (SSSR count). The Morgan fingerprint density at radius 2 is 2.08 bits per heavy atom. The zero-order valence-electron chi connectivity index (χ0n) is 14.7. The van der Waals surface area contributed by atoms with Crippen LogP contribution in [0, 0.1) is 6.92 Å². The molecule has 0 fully saturated rings. The molecule has 1 heterocycles. The maximum absolute atomic E-state index is 10.6. The van der Waals surface area contributed by atoms with Crippen molar-refractivity contribution in [3.05, 3.63) is 57.8 Å². The largest absolute Gasteiger partial charge is 0.383 e. The van der Waals surface area contributed by atoms with Gasteiger partial charge in [0.05, 0.1) is 6.54 Å². The minimum absolute atomic E-state index is 0.327. The molecule has 0 saturated carbocycles. The van der Waals surface area contributed by atoms with E-state index in [-0.39, 0.29) is 0 Å². The fourth-order valence-corrected chi connectivity index (χ4v) is 3.21. The molecule has 0 bridgehead atoms. The number of aliphatic hydroxyl groups is 1. The summed E-state index contributed by atoms with van der Waals surface area (Å²) in [6.45, 7) is 7.87. The molecule has 0 saturated heterocycles. The molecule has 0 amide bonds. The Bertz CT molecular complexity index is 650. The first-order valence-corrected chi connectivity index (χ1v) is 9.23. The standard InChI is InChI=1S/C19H27N3OS/c1-4-20-18(21-11-10-16-8-5-7-15(2)13-16)22-14-19(3,23)17-9-6-12-24-17/h5-9,12-13,23H,4,10-11,14H2,1-3H3,(H2,20,21,22). The Kier molecular flexibility index (Phi) is 6.82. The molecule has 3 N–H and O–H groups in total. The summed E-state index contributed by atoms with van der Waals surface area (Å²) >= 11 is 1.55. The van der Waals surface area contributed by atoms with Gasteiger partial charge in [0, 0.05) is 18.0 Å². The maximum atomic E-state index is 10.6. The molecule has 1 aromatic carbocycles. The molecule has 2 aromatic rings. The van der Waals surface area contributed by atoms with Crippen LogP contribution in [-0.2, 0) is 12.0 Å². The van der Waals surface area contributed by atoms with Crippen LogP contribution in [0.25, 0.3) is 0 Å². The molecule has 1 atom stereocenters. The normalized spacial score (nSPS) is 14.2. The van der Waals surface area contributed by atoms with Gasteiger partial charge in [-0.15, -0.1) is 11.3 Å². The first kappa shape index (κ1) is 18.5. The molecule has 24 heavy (non-hydrogen) atoms. The van der Waals surface area contributed by atoms with Crippen LogP contribution >= 0.6 is 11.3 Å². The molecule has 5 heteroatoms. The van der Waals surface area contributed by atoms with Crippen molar-refractivity contribution in [3.8, 4) is 0 Å². The van der Waals surface area contributed by atoms with Crippen molar-refractivity contribution in [2.24, 2.45) is 4.99 Å². The topological polar surface area (TPSA) is 56.7 Å². The van der Waals surface area contributed by atoms with Gasteiger partial charge in [-0.1, -0.05) is 35.9 Å². The molecule has 130 valence electrons. The van der Waals surface area contributed by atoms with Crippen molar-refractivity contribution in [2.75, 3.05) is 19.6 Å². The summed E-state index contributed by atoms with van der Waals surface area (Å²) in [6, 6.07) is 12.4. The van der Waals surface area contributed by atoms with E-state index in [0.717, 1.165) is 30.3 Å². The van der Waals surface area contributed by atoms with Crippen LogP contribution in [0.5, 0.6) is 0 Å². The van der Waals surface area contributed by atoms with Gasteiger partial charge in [-0.3, -0.25) is 0 Å². The van der Waals surface area contributed by atoms with Gasteiger partial charge in [0.2, 0.25) is 0 Å². The lowest BCUT2D eigenvalue weighted by Crippen LogP contribution is -2.39. The van der Waals surface area contributed by atoms with Gasteiger partial charge in [-0.2, -0.15) is 0 Å². The summed E-state index contributed by atoms with van der Waals surface area (Å²) in [4.78, 5) is 5.47. The number of hydrogen-bond acceptors (Lipinski definition) is 3. The van der Waals surface area contributed by atoms with Crippen LogP contribution in [0.2, 0.25) is 0 Å². The second kappa shape index (κ2) is 8.85. The van der Waals surface area contributed by atoms with E-state index in [1.165, 1.54) is 11.1 Å². The van der Waals surface area contributed by atoms with Crippen molar-refractivity contribution in [1.29, 1.82) is 0 Å². The number of hydrogen-bond donors (Lipinski definition) is 3. The van der Waals surface area contributed by atoms with E-state index >= 15 is 0 Å². The predicted molar refractivity (Wildman–Crippen MR) is 103 cm³/mol. The monoisotopic (exact) mass is 345 g/mol. The van der Waals surface area contributed by atoms with Gasteiger partial charge in [0.1, 0.15) is 5.60 Å². The summed E-state index contributed by atoms with van der Waals surface area (Å²) in [5.41, 5.74) is 1.65. The summed E-state index contributed by atoms with van der Waals surface area (Å²) < 4.78 is 0. The van der Waals surface area contributed by atoms with Gasteiger partial charge in [-0.25, -0.2) is 4.99 Å². The Balaban J connectivity index is 1.91. The number of nitrogens with one attached hydrogen (secondary N) is 2. The Morgan fingerprint density at radius 1 is 1.25 bits per heavy atom.